The minimum Gasteiger partial charge on any atom is -0.235 e. The van der Waals surface area contributed by atoms with E-state index in [0.29, 0.717) is 18.0 Å². The molecule has 0 aromatic carbocycles. The molecule has 5 atom stereocenters. The smallest absolute Gasteiger partial charge is 0.0673 e. The summed E-state index contributed by atoms with van der Waals surface area (Å²) in [6.07, 6.45) is 9.31. The van der Waals surface area contributed by atoms with E-state index in [-0.39, 0.29) is 0 Å². The third kappa shape index (κ3) is 1.05. The van der Waals surface area contributed by atoms with Crippen molar-refractivity contribution in [2.45, 2.75) is 69.1 Å². The average molecular weight is 217 g/mol. The second kappa shape index (κ2) is 3.21. The van der Waals surface area contributed by atoms with Gasteiger partial charge in [-0.25, -0.2) is 10.0 Å². The molecular formula is C13H19N3. The standard InChI is InChI=1S/C13H19N3/c14-8-9-7-12-5-6-13(9)16-11-3-1-10(2-4-11)15(12)16/h9-13H,1-7H2/t9-,10?,11?,12-,13+/m1/s1. The Morgan fingerprint density at radius 1 is 0.812 bits per heavy atom. The molecule has 4 bridgehead atoms. The lowest BCUT2D eigenvalue weighted by atomic mass is 9.73. The number of fused-ring (bicyclic) bond motifs is 4. The highest BCUT2D eigenvalue weighted by atomic mass is 15.7. The predicted molar refractivity (Wildman–Crippen MR) is 60.3 cm³/mol. The zero-order chi connectivity index (χ0) is 10.7. The first-order valence-corrected chi connectivity index (χ1v) is 6.84. The van der Waals surface area contributed by atoms with Crippen LogP contribution in [0.25, 0.3) is 0 Å². The maximum absolute atomic E-state index is 9.28. The van der Waals surface area contributed by atoms with Crippen molar-refractivity contribution >= 4 is 0 Å². The Bertz CT molecular complexity index is 340. The quantitative estimate of drug-likeness (QED) is 0.621. The summed E-state index contributed by atoms with van der Waals surface area (Å²) < 4.78 is 0. The largest absolute Gasteiger partial charge is 0.235 e. The Morgan fingerprint density at radius 2 is 1.44 bits per heavy atom. The normalized spacial score (nSPS) is 58.1. The molecule has 2 saturated carbocycles. The van der Waals surface area contributed by atoms with Crippen LogP contribution >= 0.6 is 0 Å². The van der Waals surface area contributed by atoms with Crippen molar-refractivity contribution in [1.82, 2.24) is 10.0 Å². The number of rotatable bonds is 0. The highest BCUT2D eigenvalue weighted by Crippen LogP contribution is 2.48. The van der Waals surface area contributed by atoms with Gasteiger partial charge in [0.1, 0.15) is 0 Å². The van der Waals surface area contributed by atoms with E-state index in [1.165, 1.54) is 38.5 Å². The van der Waals surface area contributed by atoms with Crippen LogP contribution < -0.4 is 0 Å². The lowest BCUT2D eigenvalue weighted by molar-refractivity contribution is -0.257. The molecule has 4 aliphatic heterocycles. The van der Waals surface area contributed by atoms with E-state index in [1.807, 2.05) is 0 Å². The van der Waals surface area contributed by atoms with Gasteiger partial charge in [-0.3, -0.25) is 0 Å². The van der Waals surface area contributed by atoms with Crippen molar-refractivity contribution in [2.75, 3.05) is 0 Å². The molecule has 3 nitrogen and oxygen atoms in total. The zero-order valence-electron chi connectivity index (χ0n) is 9.68. The van der Waals surface area contributed by atoms with Crippen LogP contribution in [0.4, 0.5) is 0 Å². The monoisotopic (exact) mass is 217 g/mol. The number of hydrogen-bond donors (Lipinski definition) is 0. The molecule has 3 heteroatoms. The van der Waals surface area contributed by atoms with Gasteiger partial charge in [0.05, 0.1) is 12.0 Å². The van der Waals surface area contributed by atoms with Crippen LogP contribution in [-0.2, 0) is 0 Å². The summed E-state index contributed by atoms with van der Waals surface area (Å²) in [5.41, 5.74) is 0. The van der Waals surface area contributed by atoms with Gasteiger partial charge in [0.15, 0.2) is 0 Å². The highest BCUT2D eigenvalue weighted by molar-refractivity contribution is 5.08. The van der Waals surface area contributed by atoms with Gasteiger partial charge in [0.2, 0.25) is 0 Å². The Hall–Kier alpha value is -0.590. The third-order valence-electron chi connectivity index (χ3n) is 5.35. The molecule has 4 heterocycles. The maximum atomic E-state index is 9.28. The molecule has 16 heavy (non-hydrogen) atoms. The molecule has 0 aromatic rings. The molecule has 0 aromatic heterocycles. The molecule has 6 aliphatic rings. The van der Waals surface area contributed by atoms with E-state index in [2.05, 4.69) is 16.1 Å². The van der Waals surface area contributed by atoms with Crippen molar-refractivity contribution in [3.8, 4) is 6.07 Å². The van der Waals surface area contributed by atoms with E-state index in [4.69, 9.17) is 0 Å². The van der Waals surface area contributed by atoms with Crippen LogP contribution in [0.3, 0.4) is 0 Å². The summed E-state index contributed by atoms with van der Waals surface area (Å²) in [5, 5.41) is 14.6. The third-order valence-corrected chi connectivity index (χ3v) is 5.35. The van der Waals surface area contributed by atoms with E-state index in [0.717, 1.165) is 18.5 Å². The Balaban J connectivity index is 1.72. The minimum atomic E-state index is 0.314. The highest BCUT2D eigenvalue weighted by Gasteiger charge is 2.54. The number of nitrogens with zero attached hydrogens (tertiary/aromatic N) is 3. The predicted octanol–water partition coefficient (Wildman–Crippen LogP) is 1.90. The van der Waals surface area contributed by atoms with Gasteiger partial charge in [-0.1, -0.05) is 0 Å². The van der Waals surface area contributed by atoms with Crippen molar-refractivity contribution < 1.29 is 0 Å². The van der Waals surface area contributed by atoms with Gasteiger partial charge in [0.25, 0.3) is 0 Å². The topological polar surface area (TPSA) is 30.3 Å². The summed E-state index contributed by atoms with van der Waals surface area (Å²) in [7, 11) is 0. The van der Waals surface area contributed by atoms with Crippen LogP contribution in [0, 0.1) is 17.2 Å². The fraction of sp³-hybridized carbons (Fsp3) is 0.923. The maximum Gasteiger partial charge on any atom is 0.0673 e. The van der Waals surface area contributed by atoms with E-state index in [9.17, 15) is 5.26 Å². The van der Waals surface area contributed by atoms with Crippen molar-refractivity contribution in [2.24, 2.45) is 5.92 Å². The van der Waals surface area contributed by atoms with E-state index < -0.39 is 0 Å². The summed E-state index contributed by atoms with van der Waals surface area (Å²) in [6.45, 7) is 0. The van der Waals surface area contributed by atoms with Crippen LogP contribution in [0.1, 0.15) is 44.9 Å². The van der Waals surface area contributed by atoms with Crippen molar-refractivity contribution in [1.29, 1.82) is 5.26 Å². The SMILES string of the molecule is N#C[C@H]1C[C@H]2CC[C@@H]1N1C3CCC(CC3)N21. The number of hydrazine groups is 1. The fourth-order valence-corrected chi connectivity index (χ4v) is 4.72. The Morgan fingerprint density at radius 3 is 2.12 bits per heavy atom. The first-order valence-electron chi connectivity index (χ1n) is 6.84. The lowest BCUT2D eigenvalue weighted by Gasteiger charge is -2.65. The van der Waals surface area contributed by atoms with Gasteiger partial charge < -0.3 is 0 Å². The molecule has 0 N–H and O–H groups in total. The second-order valence-corrected chi connectivity index (χ2v) is 5.99. The van der Waals surface area contributed by atoms with Gasteiger partial charge in [-0.05, 0) is 44.9 Å². The van der Waals surface area contributed by atoms with Gasteiger partial charge in [0, 0.05) is 24.2 Å². The molecule has 86 valence electrons. The van der Waals surface area contributed by atoms with E-state index >= 15 is 0 Å². The summed E-state index contributed by atoms with van der Waals surface area (Å²) >= 11 is 0. The van der Waals surface area contributed by atoms with Crippen LogP contribution in [0.15, 0.2) is 0 Å². The first-order chi connectivity index (χ1) is 7.88. The Labute approximate surface area is 97.0 Å². The number of nitriles is 1. The fourth-order valence-electron chi connectivity index (χ4n) is 4.72. The molecule has 2 unspecified atom stereocenters. The summed E-state index contributed by atoms with van der Waals surface area (Å²) in [4.78, 5) is 0. The zero-order valence-corrected chi connectivity index (χ0v) is 9.68. The molecule has 2 aliphatic carbocycles. The molecular weight excluding hydrogens is 198 g/mol. The van der Waals surface area contributed by atoms with Crippen LogP contribution in [-0.4, -0.2) is 34.2 Å². The summed E-state index contributed by atoms with van der Waals surface area (Å²) in [5.74, 6) is 0.314. The van der Waals surface area contributed by atoms with Gasteiger partial charge in [-0.15, -0.1) is 0 Å². The lowest BCUT2D eigenvalue weighted by Crippen LogP contribution is -2.73. The van der Waals surface area contributed by atoms with Crippen molar-refractivity contribution in [3.63, 3.8) is 0 Å². The van der Waals surface area contributed by atoms with Crippen LogP contribution in [0.5, 0.6) is 0 Å². The van der Waals surface area contributed by atoms with Gasteiger partial charge >= 0.3 is 0 Å². The molecule has 0 amide bonds. The minimum absolute atomic E-state index is 0.314. The second-order valence-electron chi connectivity index (χ2n) is 5.99. The molecule has 0 radical (unpaired) electrons. The first kappa shape index (κ1) is 9.44. The molecule has 4 saturated heterocycles. The van der Waals surface area contributed by atoms with Gasteiger partial charge in [-0.2, -0.15) is 5.26 Å². The molecule has 0 spiro atoms. The molecule has 6 fully saturated rings. The summed E-state index contributed by atoms with van der Waals surface area (Å²) in [6, 6.07) is 5.40. The molecule has 6 rings (SSSR count). The van der Waals surface area contributed by atoms with E-state index in [1.54, 1.807) is 0 Å². The van der Waals surface area contributed by atoms with Crippen molar-refractivity contribution in [3.05, 3.63) is 0 Å². The van der Waals surface area contributed by atoms with Crippen LogP contribution in [0.2, 0.25) is 0 Å². The average Bonchev–Trinajstić information content (AvgIpc) is 2.40. The number of hydrogen-bond acceptors (Lipinski definition) is 3. The Kier molecular flexibility index (Phi) is 1.89.